The third-order valence-electron chi connectivity index (χ3n) is 0.598. The van der Waals surface area contributed by atoms with E-state index < -0.39 is 0 Å². The highest BCUT2D eigenvalue weighted by atomic mass is 32.2. The van der Waals surface area contributed by atoms with Gasteiger partial charge in [0, 0.05) is 0 Å². The second-order valence-corrected chi connectivity index (χ2v) is 2.74. The second kappa shape index (κ2) is 1.84. The predicted octanol–water partition coefficient (Wildman–Crippen LogP) is 2.18. The van der Waals surface area contributed by atoms with E-state index in [1.165, 1.54) is 17.4 Å². The van der Waals surface area contributed by atoms with Gasteiger partial charge in [-0.25, -0.2) is 4.39 Å². The van der Waals surface area contributed by atoms with Crippen LogP contribution in [0.15, 0.2) is 15.7 Å². The molecule has 38 valence electrons. The number of thiol groups is 1. The summed E-state index contributed by atoms with van der Waals surface area (Å²) in [6.07, 6.45) is 0. The molecule has 0 fully saturated rings. The van der Waals surface area contributed by atoms with Crippen molar-refractivity contribution in [1.29, 1.82) is 0 Å². The summed E-state index contributed by atoms with van der Waals surface area (Å²) in [5.74, 6) is -0.228. The van der Waals surface area contributed by atoms with Gasteiger partial charge in [-0.15, -0.1) is 24.0 Å². The van der Waals surface area contributed by atoms with Crippen LogP contribution in [-0.4, -0.2) is 0 Å². The van der Waals surface area contributed by atoms with Crippen LogP contribution in [0.3, 0.4) is 0 Å². The van der Waals surface area contributed by atoms with Gasteiger partial charge in [-0.1, -0.05) is 0 Å². The SMILES string of the molecule is Fc1ccsc1S. The Bertz CT molecular complexity index is 142. The highest BCUT2D eigenvalue weighted by molar-refractivity contribution is 7.82. The minimum Gasteiger partial charge on any atom is -0.205 e. The van der Waals surface area contributed by atoms with Crippen molar-refractivity contribution in [3.8, 4) is 0 Å². The van der Waals surface area contributed by atoms with Crippen LogP contribution in [0, 0.1) is 5.82 Å². The van der Waals surface area contributed by atoms with Crippen LogP contribution in [0.25, 0.3) is 0 Å². The minimum atomic E-state index is -0.228. The third-order valence-corrected chi connectivity index (χ3v) is 1.82. The van der Waals surface area contributed by atoms with Gasteiger partial charge in [0.05, 0.1) is 4.21 Å². The first-order valence-electron chi connectivity index (χ1n) is 1.72. The Morgan fingerprint density at radius 2 is 2.43 bits per heavy atom. The molecule has 0 nitrogen and oxygen atoms in total. The lowest BCUT2D eigenvalue weighted by atomic mass is 10.6. The van der Waals surface area contributed by atoms with E-state index in [1.807, 2.05) is 0 Å². The summed E-state index contributed by atoms with van der Waals surface area (Å²) in [4.78, 5) is 0. The normalized spacial score (nSPS) is 9.43. The Balaban J connectivity index is 3.12. The van der Waals surface area contributed by atoms with Crippen LogP contribution in [-0.2, 0) is 0 Å². The van der Waals surface area contributed by atoms with E-state index >= 15 is 0 Å². The smallest absolute Gasteiger partial charge is 0.147 e. The molecule has 0 saturated heterocycles. The van der Waals surface area contributed by atoms with Crippen LogP contribution in [0.4, 0.5) is 4.39 Å². The van der Waals surface area contributed by atoms with Gasteiger partial charge in [-0.05, 0) is 11.4 Å². The van der Waals surface area contributed by atoms with Crippen LogP contribution in [0.1, 0.15) is 0 Å². The number of hydrogen-bond acceptors (Lipinski definition) is 2. The highest BCUT2D eigenvalue weighted by Crippen LogP contribution is 2.17. The van der Waals surface area contributed by atoms with Gasteiger partial charge >= 0.3 is 0 Å². The van der Waals surface area contributed by atoms with Crippen molar-refractivity contribution in [2.75, 3.05) is 0 Å². The maximum Gasteiger partial charge on any atom is 0.147 e. The molecule has 0 radical (unpaired) electrons. The Kier molecular flexibility index (Phi) is 1.35. The average Bonchev–Trinajstić information content (AvgIpc) is 1.91. The molecule has 1 aromatic heterocycles. The minimum absolute atomic E-state index is 0.228. The molecule has 0 saturated carbocycles. The van der Waals surface area contributed by atoms with Gasteiger partial charge in [0.1, 0.15) is 5.82 Å². The molecule has 0 N–H and O–H groups in total. The lowest BCUT2D eigenvalue weighted by Gasteiger charge is -1.74. The maximum atomic E-state index is 12.0. The Morgan fingerprint density at radius 1 is 1.71 bits per heavy atom. The fraction of sp³-hybridized carbons (Fsp3) is 0. The largest absolute Gasteiger partial charge is 0.205 e. The number of halogens is 1. The lowest BCUT2D eigenvalue weighted by Crippen LogP contribution is -1.57. The van der Waals surface area contributed by atoms with Crippen LogP contribution in [0.2, 0.25) is 0 Å². The molecule has 3 heteroatoms. The summed E-state index contributed by atoms with van der Waals surface area (Å²) in [6.45, 7) is 0. The van der Waals surface area contributed by atoms with Crippen LogP contribution in [0.5, 0.6) is 0 Å². The maximum absolute atomic E-state index is 12.0. The summed E-state index contributed by atoms with van der Waals surface area (Å²) in [6, 6.07) is 1.40. The van der Waals surface area contributed by atoms with Crippen molar-refractivity contribution >= 4 is 24.0 Å². The van der Waals surface area contributed by atoms with E-state index in [0.29, 0.717) is 4.21 Å². The molecule has 1 rings (SSSR count). The summed E-state index contributed by atoms with van der Waals surface area (Å²) in [5, 5.41) is 1.66. The Morgan fingerprint density at radius 3 is 2.57 bits per heavy atom. The molecule has 0 aliphatic heterocycles. The summed E-state index contributed by atoms with van der Waals surface area (Å²) in [7, 11) is 0. The van der Waals surface area contributed by atoms with E-state index in [1.54, 1.807) is 5.38 Å². The second-order valence-electron chi connectivity index (χ2n) is 1.07. The fourth-order valence-electron chi connectivity index (χ4n) is 0.286. The lowest BCUT2D eigenvalue weighted by molar-refractivity contribution is 0.613. The van der Waals surface area contributed by atoms with E-state index in [4.69, 9.17) is 0 Å². The zero-order valence-electron chi connectivity index (χ0n) is 3.39. The molecule has 0 aromatic carbocycles. The first-order chi connectivity index (χ1) is 3.30. The van der Waals surface area contributed by atoms with Gasteiger partial charge in [0.2, 0.25) is 0 Å². The average molecular weight is 134 g/mol. The van der Waals surface area contributed by atoms with E-state index in [2.05, 4.69) is 12.6 Å². The molecule has 0 aliphatic rings. The standard InChI is InChI=1S/C4H3FS2/c5-3-1-2-7-4(3)6/h1-2,6H. The van der Waals surface area contributed by atoms with Gasteiger partial charge in [-0.3, -0.25) is 0 Å². The molecule has 0 spiro atoms. The first-order valence-corrected chi connectivity index (χ1v) is 3.05. The number of hydrogen-bond donors (Lipinski definition) is 1. The predicted molar refractivity (Wildman–Crippen MR) is 31.5 cm³/mol. The van der Waals surface area contributed by atoms with Crippen LogP contribution >= 0.6 is 24.0 Å². The monoisotopic (exact) mass is 134 g/mol. The van der Waals surface area contributed by atoms with Gasteiger partial charge in [-0.2, -0.15) is 0 Å². The van der Waals surface area contributed by atoms with E-state index in [-0.39, 0.29) is 5.82 Å². The topological polar surface area (TPSA) is 0 Å². The van der Waals surface area contributed by atoms with E-state index in [9.17, 15) is 4.39 Å². The summed E-state index contributed by atoms with van der Waals surface area (Å²) in [5.41, 5.74) is 0. The van der Waals surface area contributed by atoms with Gasteiger partial charge in [0.25, 0.3) is 0 Å². The molecule has 0 aliphatic carbocycles. The van der Waals surface area contributed by atoms with Crippen molar-refractivity contribution in [2.24, 2.45) is 0 Å². The zero-order chi connectivity index (χ0) is 5.28. The Labute approximate surface area is 50.4 Å². The fourth-order valence-corrected chi connectivity index (χ4v) is 1.04. The van der Waals surface area contributed by atoms with Crippen molar-refractivity contribution in [3.05, 3.63) is 17.3 Å². The number of rotatable bonds is 0. The van der Waals surface area contributed by atoms with Crippen molar-refractivity contribution in [3.63, 3.8) is 0 Å². The van der Waals surface area contributed by atoms with Gasteiger partial charge < -0.3 is 0 Å². The van der Waals surface area contributed by atoms with Gasteiger partial charge in [0.15, 0.2) is 0 Å². The molecule has 1 heterocycles. The van der Waals surface area contributed by atoms with Crippen molar-refractivity contribution < 1.29 is 4.39 Å². The van der Waals surface area contributed by atoms with Crippen LogP contribution < -0.4 is 0 Å². The molecule has 0 bridgehead atoms. The summed E-state index contributed by atoms with van der Waals surface area (Å²) >= 11 is 5.09. The van der Waals surface area contributed by atoms with Crippen molar-refractivity contribution in [2.45, 2.75) is 4.21 Å². The summed E-state index contributed by atoms with van der Waals surface area (Å²) < 4.78 is 12.5. The Hall–Kier alpha value is -0.0200. The van der Waals surface area contributed by atoms with E-state index in [0.717, 1.165) is 0 Å². The molecule has 1 aromatic rings. The van der Waals surface area contributed by atoms with Crippen molar-refractivity contribution in [1.82, 2.24) is 0 Å². The molecular weight excluding hydrogens is 131 g/mol. The molecule has 0 amide bonds. The number of thiophene rings is 1. The quantitative estimate of drug-likeness (QED) is 0.516. The third kappa shape index (κ3) is 0.951. The molecule has 7 heavy (non-hydrogen) atoms. The zero-order valence-corrected chi connectivity index (χ0v) is 5.10. The molecule has 0 atom stereocenters. The molecular formula is C4H3FS2. The highest BCUT2D eigenvalue weighted by Gasteiger charge is 1.93. The molecule has 0 unspecified atom stereocenters. The first kappa shape index (κ1) is 5.12.